The van der Waals surface area contributed by atoms with Gasteiger partial charge >= 0.3 is 5.97 Å². The number of rotatable bonds is 3. The van der Waals surface area contributed by atoms with Crippen LogP contribution in [-0.2, 0) is 4.79 Å². The first-order valence-corrected chi connectivity index (χ1v) is 7.02. The number of nitrogens with one attached hydrogen (secondary N) is 1. The van der Waals surface area contributed by atoms with Gasteiger partial charge in [0.25, 0.3) is 5.91 Å². The van der Waals surface area contributed by atoms with Crippen LogP contribution in [0.2, 0.25) is 0 Å². The summed E-state index contributed by atoms with van der Waals surface area (Å²) >= 11 is 3.22. The van der Waals surface area contributed by atoms with Crippen molar-refractivity contribution in [2.45, 2.75) is 31.7 Å². The molecule has 1 aromatic rings. The Kier molecular flexibility index (Phi) is 4.52. The monoisotopic (exact) mass is 326 g/mol. The van der Waals surface area contributed by atoms with Crippen LogP contribution in [0.3, 0.4) is 0 Å². The lowest BCUT2D eigenvalue weighted by molar-refractivity contribution is -0.143. The van der Waals surface area contributed by atoms with Gasteiger partial charge in [-0.15, -0.1) is 0 Å². The maximum absolute atomic E-state index is 12.0. The fraction of sp³-hybridized carbons (Fsp3) is 0.462. The Balaban J connectivity index is 1.97. The highest BCUT2D eigenvalue weighted by atomic mass is 79.9. The molecule has 6 heteroatoms. The van der Waals surface area contributed by atoms with Gasteiger partial charge in [0.1, 0.15) is 10.3 Å². The van der Waals surface area contributed by atoms with Gasteiger partial charge in [-0.2, -0.15) is 0 Å². The molecule has 0 saturated heterocycles. The minimum atomic E-state index is -0.778. The number of carboxylic acid groups (broad SMARTS) is 1. The van der Waals surface area contributed by atoms with Crippen LogP contribution in [0.15, 0.2) is 22.8 Å². The second-order valence-corrected chi connectivity index (χ2v) is 5.53. The normalized spacial score (nSPS) is 22.8. The highest BCUT2D eigenvalue weighted by Crippen LogP contribution is 2.24. The Morgan fingerprint density at radius 2 is 2.16 bits per heavy atom. The van der Waals surface area contributed by atoms with Crippen molar-refractivity contribution in [2.75, 3.05) is 0 Å². The van der Waals surface area contributed by atoms with E-state index in [0.29, 0.717) is 23.1 Å². The largest absolute Gasteiger partial charge is 0.481 e. The molecule has 5 nitrogen and oxygen atoms in total. The minimum absolute atomic E-state index is 0.0804. The molecular weight excluding hydrogens is 312 g/mol. The number of carbonyl (C=O) groups is 2. The molecule has 2 atom stereocenters. The molecule has 1 aliphatic rings. The Hall–Kier alpha value is -1.43. The van der Waals surface area contributed by atoms with Crippen LogP contribution in [0.5, 0.6) is 0 Å². The van der Waals surface area contributed by atoms with Crippen LogP contribution < -0.4 is 5.32 Å². The van der Waals surface area contributed by atoms with E-state index in [-0.39, 0.29) is 17.9 Å². The first-order chi connectivity index (χ1) is 9.06. The summed E-state index contributed by atoms with van der Waals surface area (Å²) in [5.74, 6) is -1.38. The van der Waals surface area contributed by atoms with Crippen LogP contribution >= 0.6 is 15.9 Å². The van der Waals surface area contributed by atoms with Crippen LogP contribution in [0.4, 0.5) is 0 Å². The molecular formula is C13H15BrN2O3. The number of aromatic nitrogens is 1. The number of halogens is 1. The molecule has 1 aromatic heterocycles. The lowest BCUT2D eigenvalue weighted by Crippen LogP contribution is -2.40. The maximum atomic E-state index is 12.0. The topological polar surface area (TPSA) is 79.3 Å². The summed E-state index contributed by atoms with van der Waals surface area (Å²) in [6.07, 6.45) is 2.84. The van der Waals surface area contributed by atoms with Crippen molar-refractivity contribution in [1.82, 2.24) is 10.3 Å². The van der Waals surface area contributed by atoms with Crippen molar-refractivity contribution in [2.24, 2.45) is 5.92 Å². The molecule has 1 heterocycles. The Bertz CT molecular complexity index is 493. The third kappa shape index (κ3) is 3.76. The smallest absolute Gasteiger partial charge is 0.306 e. The van der Waals surface area contributed by atoms with Crippen LogP contribution in [0.25, 0.3) is 0 Å². The maximum Gasteiger partial charge on any atom is 0.306 e. The average Bonchev–Trinajstić information content (AvgIpc) is 2.39. The van der Waals surface area contributed by atoms with E-state index >= 15 is 0 Å². The van der Waals surface area contributed by atoms with Gasteiger partial charge in [-0.25, -0.2) is 4.98 Å². The van der Waals surface area contributed by atoms with Gasteiger partial charge in [-0.05, 0) is 47.3 Å². The molecule has 2 rings (SSSR count). The molecule has 2 N–H and O–H groups in total. The third-order valence-corrected chi connectivity index (χ3v) is 3.75. The predicted octanol–water partition coefficient (Wildman–Crippen LogP) is 2.22. The predicted molar refractivity (Wildman–Crippen MR) is 72.8 cm³/mol. The number of aliphatic carboxylic acids is 1. The van der Waals surface area contributed by atoms with Gasteiger partial charge in [0.15, 0.2) is 0 Å². The molecule has 19 heavy (non-hydrogen) atoms. The van der Waals surface area contributed by atoms with Crippen molar-refractivity contribution >= 4 is 27.8 Å². The quantitative estimate of drug-likeness (QED) is 0.835. The Morgan fingerprint density at radius 1 is 1.37 bits per heavy atom. The average molecular weight is 327 g/mol. The molecule has 1 aliphatic carbocycles. The number of carboxylic acids is 1. The third-order valence-electron chi connectivity index (χ3n) is 3.31. The summed E-state index contributed by atoms with van der Waals surface area (Å²) in [7, 11) is 0. The van der Waals surface area contributed by atoms with Crippen molar-refractivity contribution in [1.29, 1.82) is 0 Å². The van der Waals surface area contributed by atoms with Crippen molar-refractivity contribution in [3.8, 4) is 0 Å². The number of pyridine rings is 1. The summed E-state index contributed by atoms with van der Waals surface area (Å²) in [4.78, 5) is 27.0. The first-order valence-electron chi connectivity index (χ1n) is 6.22. The molecule has 102 valence electrons. The zero-order valence-corrected chi connectivity index (χ0v) is 11.9. The van der Waals surface area contributed by atoms with E-state index in [0.717, 1.165) is 12.8 Å². The molecule has 0 aromatic carbocycles. The lowest BCUT2D eigenvalue weighted by Gasteiger charge is -2.27. The van der Waals surface area contributed by atoms with Crippen LogP contribution in [-0.4, -0.2) is 28.0 Å². The Morgan fingerprint density at radius 3 is 2.84 bits per heavy atom. The summed E-state index contributed by atoms with van der Waals surface area (Å²) in [6, 6.07) is 5.05. The molecule has 1 fully saturated rings. The van der Waals surface area contributed by atoms with Gasteiger partial charge in [-0.3, -0.25) is 9.59 Å². The molecule has 0 radical (unpaired) electrons. The summed E-state index contributed by atoms with van der Waals surface area (Å²) in [5, 5.41) is 11.9. The molecule has 0 bridgehead atoms. The summed E-state index contributed by atoms with van der Waals surface area (Å²) < 4.78 is 0.604. The van der Waals surface area contributed by atoms with E-state index in [2.05, 4.69) is 26.2 Å². The van der Waals surface area contributed by atoms with Crippen molar-refractivity contribution < 1.29 is 14.7 Å². The fourth-order valence-corrected chi connectivity index (χ4v) is 2.68. The van der Waals surface area contributed by atoms with E-state index in [4.69, 9.17) is 5.11 Å². The lowest BCUT2D eigenvalue weighted by atomic mass is 9.86. The van der Waals surface area contributed by atoms with Crippen molar-refractivity contribution in [3.63, 3.8) is 0 Å². The van der Waals surface area contributed by atoms with E-state index in [1.165, 1.54) is 0 Å². The SMILES string of the molecule is O=C(NC1CCCC(C(=O)O)C1)c1cccc(Br)n1. The van der Waals surface area contributed by atoms with E-state index in [1.54, 1.807) is 18.2 Å². The van der Waals surface area contributed by atoms with Gasteiger partial charge in [0, 0.05) is 6.04 Å². The standard InChI is InChI=1S/C13H15BrN2O3/c14-11-6-2-5-10(16-11)12(17)15-9-4-1-3-8(7-9)13(18)19/h2,5-6,8-9H,1,3-4,7H2,(H,15,17)(H,18,19). The van der Waals surface area contributed by atoms with E-state index in [9.17, 15) is 9.59 Å². The van der Waals surface area contributed by atoms with Gasteiger partial charge < -0.3 is 10.4 Å². The second-order valence-electron chi connectivity index (χ2n) is 4.72. The second kappa shape index (κ2) is 6.14. The van der Waals surface area contributed by atoms with Crippen molar-refractivity contribution in [3.05, 3.63) is 28.5 Å². The van der Waals surface area contributed by atoms with Gasteiger partial charge in [0.2, 0.25) is 0 Å². The Labute approximate surface area is 119 Å². The van der Waals surface area contributed by atoms with Gasteiger partial charge in [-0.1, -0.05) is 12.5 Å². The summed E-state index contributed by atoms with van der Waals surface area (Å²) in [5.41, 5.74) is 0.340. The number of carbonyl (C=O) groups excluding carboxylic acids is 1. The highest BCUT2D eigenvalue weighted by Gasteiger charge is 2.28. The molecule has 2 unspecified atom stereocenters. The number of hydrogen-bond acceptors (Lipinski definition) is 3. The first kappa shape index (κ1) is 14.0. The fourth-order valence-electron chi connectivity index (χ4n) is 2.34. The highest BCUT2D eigenvalue weighted by molar-refractivity contribution is 9.10. The summed E-state index contributed by atoms with van der Waals surface area (Å²) in [6.45, 7) is 0. The minimum Gasteiger partial charge on any atom is -0.481 e. The van der Waals surface area contributed by atoms with Gasteiger partial charge in [0.05, 0.1) is 5.92 Å². The van der Waals surface area contributed by atoms with E-state index in [1.807, 2.05) is 0 Å². The van der Waals surface area contributed by atoms with Crippen LogP contribution in [0, 0.1) is 5.92 Å². The van der Waals surface area contributed by atoms with E-state index < -0.39 is 5.97 Å². The van der Waals surface area contributed by atoms with Crippen LogP contribution in [0.1, 0.15) is 36.2 Å². The molecule has 1 amide bonds. The number of hydrogen-bond donors (Lipinski definition) is 2. The molecule has 1 saturated carbocycles. The zero-order chi connectivity index (χ0) is 13.8. The number of nitrogens with zero attached hydrogens (tertiary/aromatic N) is 1. The number of amides is 1. The molecule has 0 spiro atoms. The zero-order valence-electron chi connectivity index (χ0n) is 10.3. The molecule has 0 aliphatic heterocycles.